The van der Waals surface area contributed by atoms with Crippen LogP contribution in [0.4, 0.5) is 0 Å². The number of hydrogen-bond acceptors (Lipinski definition) is 6. The van der Waals surface area contributed by atoms with Gasteiger partial charge in [0, 0.05) is 16.1 Å². The molecule has 0 atom stereocenters. The first-order valence-electron chi connectivity index (χ1n) is 7.89. The van der Waals surface area contributed by atoms with Gasteiger partial charge in [-0.25, -0.2) is 0 Å². The number of nitrogens with one attached hydrogen (secondary N) is 1. The van der Waals surface area contributed by atoms with E-state index in [1.54, 1.807) is 24.3 Å². The Morgan fingerprint density at radius 2 is 1.75 bits per heavy atom. The van der Waals surface area contributed by atoms with Gasteiger partial charge in [-0.2, -0.15) is 0 Å². The number of esters is 1. The lowest BCUT2D eigenvalue weighted by Gasteiger charge is -2.06. The fraction of sp³-hybridized carbons (Fsp3) is 0.111. The standard InChI is InChI=1S/C18H12Cl3N3O4/c19-12-4-1-10(2-5-12)18-24-23-15(28-18)9-27-16(25)8-22-17(26)11-3-6-13(20)14(21)7-11/h1-7H,8-9H2,(H,22,26). The third-order valence-corrected chi connectivity index (χ3v) is 4.48. The Bertz CT molecular complexity index is 1010. The van der Waals surface area contributed by atoms with E-state index in [0.29, 0.717) is 15.6 Å². The van der Waals surface area contributed by atoms with Gasteiger partial charge >= 0.3 is 5.97 Å². The fourth-order valence-electron chi connectivity index (χ4n) is 2.11. The maximum atomic E-state index is 12.0. The zero-order valence-electron chi connectivity index (χ0n) is 14.1. The van der Waals surface area contributed by atoms with Crippen LogP contribution in [0.25, 0.3) is 11.5 Å². The van der Waals surface area contributed by atoms with Crippen molar-refractivity contribution in [2.75, 3.05) is 6.54 Å². The topological polar surface area (TPSA) is 94.3 Å². The van der Waals surface area contributed by atoms with Gasteiger partial charge in [0.15, 0.2) is 6.61 Å². The number of nitrogens with zero attached hydrogens (tertiary/aromatic N) is 2. The van der Waals surface area contributed by atoms with E-state index in [9.17, 15) is 9.59 Å². The molecule has 3 rings (SSSR count). The highest BCUT2D eigenvalue weighted by Crippen LogP contribution is 2.22. The molecule has 7 nitrogen and oxygen atoms in total. The number of hydrogen-bond donors (Lipinski definition) is 1. The highest BCUT2D eigenvalue weighted by atomic mass is 35.5. The molecule has 0 radical (unpaired) electrons. The smallest absolute Gasteiger partial charge is 0.325 e. The van der Waals surface area contributed by atoms with Gasteiger partial charge < -0.3 is 14.5 Å². The molecule has 1 amide bonds. The summed E-state index contributed by atoms with van der Waals surface area (Å²) in [5.74, 6) is -0.761. The SMILES string of the molecule is O=C(CNC(=O)c1ccc(Cl)c(Cl)c1)OCc1nnc(-c2ccc(Cl)cc2)o1. The lowest BCUT2D eigenvalue weighted by atomic mass is 10.2. The molecule has 0 saturated carbocycles. The highest BCUT2D eigenvalue weighted by molar-refractivity contribution is 6.42. The van der Waals surface area contributed by atoms with Crippen LogP contribution >= 0.6 is 34.8 Å². The van der Waals surface area contributed by atoms with Crippen LogP contribution in [-0.2, 0) is 16.1 Å². The highest BCUT2D eigenvalue weighted by Gasteiger charge is 2.13. The number of ether oxygens (including phenoxy) is 1. The normalized spacial score (nSPS) is 10.5. The molecule has 1 heterocycles. The van der Waals surface area contributed by atoms with E-state index in [1.807, 2.05) is 0 Å². The number of benzene rings is 2. The van der Waals surface area contributed by atoms with Crippen LogP contribution in [-0.4, -0.2) is 28.6 Å². The molecular formula is C18H12Cl3N3O4. The van der Waals surface area contributed by atoms with Crippen LogP contribution in [0.3, 0.4) is 0 Å². The Morgan fingerprint density at radius 1 is 1.00 bits per heavy atom. The molecule has 0 fully saturated rings. The van der Waals surface area contributed by atoms with Crippen LogP contribution < -0.4 is 5.32 Å². The van der Waals surface area contributed by atoms with E-state index >= 15 is 0 Å². The van der Waals surface area contributed by atoms with Gasteiger partial charge in [0.1, 0.15) is 6.54 Å². The molecule has 0 aliphatic carbocycles. The van der Waals surface area contributed by atoms with E-state index in [2.05, 4.69) is 15.5 Å². The molecule has 0 spiro atoms. The van der Waals surface area contributed by atoms with E-state index in [-0.39, 0.29) is 35.5 Å². The lowest BCUT2D eigenvalue weighted by molar-refractivity contribution is -0.144. The summed E-state index contributed by atoms with van der Waals surface area (Å²) in [7, 11) is 0. The molecule has 0 bridgehead atoms. The van der Waals surface area contributed by atoms with Crippen molar-refractivity contribution >= 4 is 46.7 Å². The van der Waals surface area contributed by atoms with E-state index in [1.165, 1.54) is 18.2 Å². The van der Waals surface area contributed by atoms with Gasteiger partial charge in [-0.3, -0.25) is 9.59 Å². The molecule has 3 aromatic rings. The van der Waals surface area contributed by atoms with Crippen molar-refractivity contribution in [3.63, 3.8) is 0 Å². The number of carbonyl (C=O) groups is 2. The van der Waals surface area contributed by atoms with Gasteiger partial charge in [-0.15, -0.1) is 10.2 Å². The van der Waals surface area contributed by atoms with Gasteiger partial charge in [0.25, 0.3) is 11.8 Å². The Hall–Kier alpha value is -2.61. The average Bonchev–Trinajstić information content (AvgIpc) is 3.16. The monoisotopic (exact) mass is 439 g/mol. The largest absolute Gasteiger partial charge is 0.454 e. The van der Waals surface area contributed by atoms with Crippen molar-refractivity contribution in [2.24, 2.45) is 0 Å². The summed E-state index contributed by atoms with van der Waals surface area (Å²) < 4.78 is 10.4. The summed E-state index contributed by atoms with van der Waals surface area (Å²) in [6, 6.07) is 11.2. The summed E-state index contributed by atoms with van der Waals surface area (Å²) in [4.78, 5) is 23.8. The molecule has 28 heavy (non-hydrogen) atoms. The summed E-state index contributed by atoms with van der Waals surface area (Å²) in [6.07, 6.45) is 0. The first-order valence-corrected chi connectivity index (χ1v) is 9.03. The van der Waals surface area contributed by atoms with Gasteiger partial charge in [-0.1, -0.05) is 34.8 Å². The number of aromatic nitrogens is 2. The third kappa shape index (κ3) is 5.22. The number of rotatable bonds is 6. The van der Waals surface area contributed by atoms with Crippen LogP contribution in [0.15, 0.2) is 46.9 Å². The Kier molecular flexibility index (Phi) is 6.51. The maximum Gasteiger partial charge on any atom is 0.325 e. The maximum absolute atomic E-state index is 12.0. The van der Waals surface area contributed by atoms with Crippen molar-refractivity contribution < 1.29 is 18.7 Å². The molecule has 10 heteroatoms. The molecule has 0 unspecified atom stereocenters. The van der Waals surface area contributed by atoms with Crippen molar-refractivity contribution in [2.45, 2.75) is 6.61 Å². The second-order valence-electron chi connectivity index (χ2n) is 5.48. The van der Waals surface area contributed by atoms with Crippen LogP contribution in [0, 0.1) is 0 Å². The van der Waals surface area contributed by atoms with Crippen LogP contribution in [0.5, 0.6) is 0 Å². The molecule has 2 aromatic carbocycles. The molecule has 0 aliphatic heterocycles. The van der Waals surface area contributed by atoms with E-state index < -0.39 is 11.9 Å². The Morgan fingerprint density at radius 3 is 2.46 bits per heavy atom. The second kappa shape index (κ2) is 9.05. The summed E-state index contributed by atoms with van der Waals surface area (Å²) in [5, 5.41) is 11.3. The Labute approximate surface area is 174 Å². The first kappa shape index (κ1) is 20.1. The third-order valence-electron chi connectivity index (χ3n) is 3.49. The summed E-state index contributed by atoms with van der Waals surface area (Å²) in [6.45, 7) is -0.556. The number of amides is 1. The quantitative estimate of drug-likeness (QED) is 0.578. The zero-order valence-corrected chi connectivity index (χ0v) is 16.4. The van der Waals surface area contributed by atoms with E-state index in [4.69, 9.17) is 44.0 Å². The molecular weight excluding hydrogens is 429 g/mol. The summed E-state index contributed by atoms with van der Waals surface area (Å²) in [5.41, 5.74) is 0.954. The van der Waals surface area contributed by atoms with Crippen molar-refractivity contribution in [3.8, 4) is 11.5 Å². The second-order valence-corrected chi connectivity index (χ2v) is 6.73. The number of carbonyl (C=O) groups excluding carboxylic acids is 2. The van der Waals surface area contributed by atoms with E-state index in [0.717, 1.165) is 0 Å². The van der Waals surface area contributed by atoms with Crippen molar-refractivity contribution in [1.82, 2.24) is 15.5 Å². The van der Waals surface area contributed by atoms with Gasteiger partial charge in [0.05, 0.1) is 10.0 Å². The predicted octanol–water partition coefficient (Wildman–Crippen LogP) is 4.17. The fourth-order valence-corrected chi connectivity index (χ4v) is 2.53. The lowest BCUT2D eigenvalue weighted by Crippen LogP contribution is -2.30. The minimum atomic E-state index is -0.667. The van der Waals surface area contributed by atoms with Crippen LogP contribution in [0.2, 0.25) is 15.1 Å². The van der Waals surface area contributed by atoms with Crippen LogP contribution in [0.1, 0.15) is 16.2 Å². The Balaban J connectivity index is 1.48. The van der Waals surface area contributed by atoms with Gasteiger partial charge in [0.2, 0.25) is 5.89 Å². The molecule has 1 N–H and O–H groups in total. The molecule has 1 aromatic heterocycles. The predicted molar refractivity (Wildman–Crippen MR) is 103 cm³/mol. The van der Waals surface area contributed by atoms with Gasteiger partial charge in [-0.05, 0) is 42.5 Å². The average molecular weight is 441 g/mol. The number of halogens is 3. The molecule has 0 saturated heterocycles. The van der Waals surface area contributed by atoms with Crippen molar-refractivity contribution in [3.05, 3.63) is 69.0 Å². The molecule has 0 aliphatic rings. The first-order chi connectivity index (χ1) is 13.4. The molecule has 144 valence electrons. The summed E-state index contributed by atoms with van der Waals surface area (Å²) >= 11 is 17.5. The zero-order chi connectivity index (χ0) is 20.1. The minimum Gasteiger partial charge on any atom is -0.454 e. The minimum absolute atomic E-state index is 0.120. The van der Waals surface area contributed by atoms with Crippen molar-refractivity contribution in [1.29, 1.82) is 0 Å².